The van der Waals surface area contributed by atoms with Gasteiger partial charge in [-0.1, -0.05) is 59.6 Å². The van der Waals surface area contributed by atoms with E-state index in [1.165, 1.54) is 5.56 Å². The van der Waals surface area contributed by atoms with Gasteiger partial charge in [0.25, 0.3) is 0 Å². The first-order valence-corrected chi connectivity index (χ1v) is 7.92. The van der Waals surface area contributed by atoms with Gasteiger partial charge in [-0.15, -0.1) is 0 Å². The Bertz CT molecular complexity index is 724. The third-order valence-corrected chi connectivity index (χ3v) is 4.33. The number of nitrogens with zero attached hydrogens (tertiary/aromatic N) is 2. The molecule has 2 nitrogen and oxygen atoms in total. The van der Waals surface area contributed by atoms with Crippen LogP contribution in [0.25, 0.3) is 0 Å². The molecular weight excluding hydrogens is 315 g/mol. The van der Waals surface area contributed by atoms with E-state index in [4.69, 9.17) is 23.2 Å². The van der Waals surface area contributed by atoms with Crippen molar-refractivity contribution >= 4 is 23.2 Å². The maximum atomic E-state index is 6.34. The number of benzene rings is 2. The highest BCUT2D eigenvalue weighted by Gasteiger charge is 2.15. The van der Waals surface area contributed by atoms with Gasteiger partial charge in [-0.05, 0) is 29.7 Å². The van der Waals surface area contributed by atoms with Gasteiger partial charge in [-0.3, -0.25) is 0 Å². The van der Waals surface area contributed by atoms with Crippen LogP contribution in [0.2, 0.25) is 10.0 Å². The number of halogens is 2. The van der Waals surface area contributed by atoms with Gasteiger partial charge in [0.2, 0.25) is 0 Å². The average molecular weight is 331 g/mol. The first-order valence-electron chi connectivity index (χ1n) is 7.17. The Kier molecular flexibility index (Phi) is 4.81. The van der Waals surface area contributed by atoms with E-state index in [0.29, 0.717) is 10.9 Å². The summed E-state index contributed by atoms with van der Waals surface area (Å²) in [6.07, 6.45) is 6.49. The van der Waals surface area contributed by atoms with Crippen molar-refractivity contribution in [3.8, 4) is 0 Å². The van der Waals surface area contributed by atoms with Crippen molar-refractivity contribution in [2.24, 2.45) is 0 Å². The molecule has 0 spiro atoms. The van der Waals surface area contributed by atoms with E-state index in [0.717, 1.165) is 23.6 Å². The lowest BCUT2D eigenvalue weighted by Crippen LogP contribution is -2.11. The highest BCUT2D eigenvalue weighted by molar-refractivity contribution is 6.35. The molecular formula is C18H16Cl2N2. The first-order chi connectivity index (χ1) is 10.7. The van der Waals surface area contributed by atoms with E-state index >= 15 is 0 Å². The van der Waals surface area contributed by atoms with E-state index < -0.39 is 0 Å². The van der Waals surface area contributed by atoms with Crippen molar-refractivity contribution in [2.45, 2.75) is 18.9 Å². The number of hydrogen-bond acceptors (Lipinski definition) is 1. The average Bonchev–Trinajstić information content (AvgIpc) is 3.03. The predicted molar refractivity (Wildman–Crippen MR) is 91.6 cm³/mol. The topological polar surface area (TPSA) is 17.8 Å². The fourth-order valence-electron chi connectivity index (χ4n) is 2.61. The molecule has 0 radical (unpaired) electrons. The van der Waals surface area contributed by atoms with Crippen LogP contribution in [0.4, 0.5) is 0 Å². The second kappa shape index (κ2) is 6.99. The molecule has 3 aromatic rings. The summed E-state index contributed by atoms with van der Waals surface area (Å²) >= 11 is 12.3. The lowest BCUT2D eigenvalue weighted by Gasteiger charge is -2.19. The molecule has 0 aliphatic heterocycles. The van der Waals surface area contributed by atoms with Crippen LogP contribution in [0.15, 0.2) is 67.3 Å². The molecule has 0 amide bonds. The highest BCUT2D eigenvalue weighted by Crippen LogP contribution is 2.28. The fourth-order valence-corrected chi connectivity index (χ4v) is 3.10. The molecule has 0 N–H and O–H groups in total. The van der Waals surface area contributed by atoms with Crippen molar-refractivity contribution in [3.63, 3.8) is 0 Å². The summed E-state index contributed by atoms with van der Waals surface area (Å²) in [5.74, 6) is 0.328. The Morgan fingerprint density at radius 1 is 1.05 bits per heavy atom. The predicted octanol–water partition coefficient (Wildman–Crippen LogP) is 5.22. The zero-order chi connectivity index (χ0) is 15.4. The van der Waals surface area contributed by atoms with Crippen LogP contribution in [0, 0.1) is 0 Å². The molecule has 0 aliphatic carbocycles. The third-order valence-electron chi connectivity index (χ3n) is 3.74. The minimum absolute atomic E-state index is 0.328. The van der Waals surface area contributed by atoms with Gasteiger partial charge in [0, 0.05) is 34.9 Å². The summed E-state index contributed by atoms with van der Waals surface area (Å²) in [5, 5.41) is 1.39. The minimum atomic E-state index is 0.328. The summed E-state index contributed by atoms with van der Waals surface area (Å²) in [7, 11) is 0. The molecule has 1 atom stereocenters. The molecule has 4 heteroatoms. The molecule has 2 aromatic carbocycles. The summed E-state index contributed by atoms with van der Waals surface area (Å²) in [5.41, 5.74) is 2.40. The van der Waals surface area contributed by atoms with Gasteiger partial charge in [0.1, 0.15) is 0 Å². The maximum absolute atomic E-state index is 6.34. The molecule has 1 heterocycles. The van der Waals surface area contributed by atoms with Crippen LogP contribution < -0.4 is 0 Å². The Hall–Kier alpha value is -1.77. The number of rotatable bonds is 5. The van der Waals surface area contributed by atoms with Gasteiger partial charge in [-0.25, -0.2) is 4.98 Å². The second-order valence-electron chi connectivity index (χ2n) is 5.31. The largest absolute Gasteiger partial charge is 0.337 e. The number of aromatic nitrogens is 2. The Morgan fingerprint density at radius 2 is 1.86 bits per heavy atom. The normalized spacial score (nSPS) is 12.3. The lowest BCUT2D eigenvalue weighted by atomic mass is 9.92. The van der Waals surface area contributed by atoms with E-state index in [9.17, 15) is 0 Å². The highest BCUT2D eigenvalue weighted by atomic mass is 35.5. The van der Waals surface area contributed by atoms with Gasteiger partial charge < -0.3 is 4.57 Å². The summed E-state index contributed by atoms with van der Waals surface area (Å²) in [4.78, 5) is 4.12. The number of imidazole rings is 1. The van der Waals surface area contributed by atoms with Crippen LogP contribution in [-0.2, 0) is 13.0 Å². The smallest absolute Gasteiger partial charge is 0.0946 e. The molecule has 112 valence electrons. The SMILES string of the molecule is Clc1ccc(CC(Cn2ccnc2)c2ccccc2)c(Cl)c1. The summed E-state index contributed by atoms with van der Waals surface area (Å²) in [6, 6.07) is 16.2. The van der Waals surface area contributed by atoms with Gasteiger partial charge in [0.05, 0.1) is 6.33 Å². The Balaban J connectivity index is 1.88. The summed E-state index contributed by atoms with van der Waals surface area (Å²) < 4.78 is 2.10. The molecule has 3 rings (SSSR count). The van der Waals surface area contributed by atoms with Crippen molar-refractivity contribution in [2.75, 3.05) is 0 Å². The van der Waals surface area contributed by atoms with E-state index in [2.05, 4.69) is 33.8 Å². The van der Waals surface area contributed by atoms with Crippen LogP contribution in [0.3, 0.4) is 0 Å². The van der Waals surface area contributed by atoms with Gasteiger partial charge in [-0.2, -0.15) is 0 Å². The minimum Gasteiger partial charge on any atom is -0.337 e. The number of hydrogen-bond donors (Lipinski definition) is 0. The zero-order valence-corrected chi connectivity index (χ0v) is 13.5. The van der Waals surface area contributed by atoms with Crippen molar-refractivity contribution in [1.29, 1.82) is 0 Å². The van der Waals surface area contributed by atoms with E-state index in [1.54, 1.807) is 12.3 Å². The standard InChI is InChI=1S/C18H16Cl2N2/c19-17-7-6-15(18(20)11-17)10-16(12-22-9-8-21-13-22)14-4-2-1-3-5-14/h1-9,11,13,16H,10,12H2. The van der Waals surface area contributed by atoms with Crippen LogP contribution in [0.5, 0.6) is 0 Å². The molecule has 1 unspecified atom stereocenters. The summed E-state index contributed by atoms with van der Waals surface area (Å²) in [6.45, 7) is 0.864. The quantitative estimate of drug-likeness (QED) is 0.627. The van der Waals surface area contributed by atoms with E-state index in [-0.39, 0.29) is 0 Å². The Labute approximate surface area is 140 Å². The van der Waals surface area contributed by atoms with Crippen LogP contribution >= 0.6 is 23.2 Å². The van der Waals surface area contributed by atoms with Crippen molar-refractivity contribution < 1.29 is 0 Å². The molecule has 0 saturated heterocycles. The third kappa shape index (κ3) is 3.70. The fraction of sp³-hybridized carbons (Fsp3) is 0.167. The van der Waals surface area contributed by atoms with Crippen LogP contribution in [0.1, 0.15) is 17.0 Å². The zero-order valence-electron chi connectivity index (χ0n) is 12.0. The van der Waals surface area contributed by atoms with Crippen molar-refractivity contribution in [3.05, 3.63) is 88.4 Å². The van der Waals surface area contributed by atoms with Crippen LogP contribution in [-0.4, -0.2) is 9.55 Å². The molecule has 0 saturated carbocycles. The van der Waals surface area contributed by atoms with E-state index in [1.807, 2.05) is 30.7 Å². The van der Waals surface area contributed by atoms with Crippen molar-refractivity contribution in [1.82, 2.24) is 9.55 Å². The molecule has 0 bridgehead atoms. The Morgan fingerprint density at radius 3 is 2.55 bits per heavy atom. The molecule has 0 fully saturated rings. The molecule has 1 aromatic heterocycles. The lowest BCUT2D eigenvalue weighted by molar-refractivity contribution is 0.556. The second-order valence-corrected chi connectivity index (χ2v) is 6.15. The molecule has 22 heavy (non-hydrogen) atoms. The molecule has 0 aliphatic rings. The monoisotopic (exact) mass is 330 g/mol. The first kappa shape index (κ1) is 15.1. The van der Waals surface area contributed by atoms with Gasteiger partial charge in [0.15, 0.2) is 0 Å². The van der Waals surface area contributed by atoms with Gasteiger partial charge >= 0.3 is 0 Å². The maximum Gasteiger partial charge on any atom is 0.0946 e.